The number of ketones is 1. The molecule has 1 aliphatic heterocycles. The van der Waals surface area contributed by atoms with Crippen molar-refractivity contribution in [2.75, 3.05) is 45.9 Å². The van der Waals surface area contributed by atoms with Crippen molar-refractivity contribution >= 4 is 18.0 Å². The predicted octanol–water partition coefficient (Wildman–Crippen LogP) is 8.71. The lowest BCUT2D eigenvalue weighted by Gasteiger charge is -2.35. The number of rotatable bonds is 25. The molecule has 2 aliphatic rings. The van der Waals surface area contributed by atoms with E-state index in [9.17, 15) is 14.4 Å². The molecule has 2 fully saturated rings. The van der Waals surface area contributed by atoms with Crippen molar-refractivity contribution in [2.24, 2.45) is 5.41 Å². The molecule has 256 valence electrons. The van der Waals surface area contributed by atoms with E-state index in [0.29, 0.717) is 31.8 Å². The molecular weight excluding hydrogens is 554 g/mol. The van der Waals surface area contributed by atoms with Crippen molar-refractivity contribution in [1.29, 1.82) is 0 Å². The summed E-state index contributed by atoms with van der Waals surface area (Å²) in [6.45, 7) is 6.29. The van der Waals surface area contributed by atoms with E-state index in [2.05, 4.69) is 22.5 Å². The summed E-state index contributed by atoms with van der Waals surface area (Å²) in [6, 6.07) is 0. The molecule has 1 saturated carbocycles. The van der Waals surface area contributed by atoms with E-state index >= 15 is 0 Å². The molecule has 0 aromatic rings. The number of hydrogen-bond acceptors (Lipinski definition) is 6. The average Bonchev–Trinajstić information content (AvgIpc) is 3.03. The van der Waals surface area contributed by atoms with Gasteiger partial charge in [-0.1, -0.05) is 122 Å². The Morgan fingerprint density at radius 1 is 0.659 bits per heavy atom. The minimum absolute atomic E-state index is 0.270. The van der Waals surface area contributed by atoms with Crippen LogP contribution < -0.4 is 10.6 Å². The molecule has 1 aliphatic carbocycles. The first kappa shape index (κ1) is 38.4. The van der Waals surface area contributed by atoms with E-state index in [1.807, 2.05) is 0 Å². The molecule has 0 bridgehead atoms. The third-order valence-electron chi connectivity index (χ3n) is 9.48. The molecule has 1 saturated heterocycles. The zero-order valence-corrected chi connectivity index (χ0v) is 28.4. The lowest BCUT2D eigenvalue weighted by atomic mass is 9.75. The fraction of sp³-hybridized carbons (Fsp3) is 0.917. The van der Waals surface area contributed by atoms with Gasteiger partial charge in [-0.25, -0.2) is 9.59 Å². The maximum absolute atomic E-state index is 12.4. The number of likely N-dealkylation sites (tertiary alicyclic amines) is 1. The highest BCUT2D eigenvalue weighted by Crippen LogP contribution is 2.37. The third-order valence-corrected chi connectivity index (χ3v) is 9.48. The number of amides is 2. The molecule has 44 heavy (non-hydrogen) atoms. The Morgan fingerprint density at radius 2 is 1.14 bits per heavy atom. The Balaban J connectivity index is 1.43. The number of alkyl carbamates (subject to hydrolysis) is 2. The number of carbonyl (C=O) groups is 3. The van der Waals surface area contributed by atoms with Crippen molar-refractivity contribution in [3.63, 3.8) is 0 Å². The van der Waals surface area contributed by atoms with Gasteiger partial charge < -0.3 is 20.1 Å². The van der Waals surface area contributed by atoms with Crippen molar-refractivity contribution in [3.05, 3.63) is 0 Å². The van der Waals surface area contributed by atoms with Crippen LogP contribution in [0, 0.1) is 5.41 Å². The van der Waals surface area contributed by atoms with E-state index in [4.69, 9.17) is 9.47 Å². The standard InChI is InChI=1S/C36H67N3O5/c1-2-3-4-5-6-7-8-9-10-11-12-13-14-15-16-20-26-37-34(41)43-31-36(24-18-17-19-25-36)32-44-35(42)38-27-22-29-39-28-21-23-33(40)30-39/h2-32H2,1H3,(H,37,41)(H,38,42). The Morgan fingerprint density at radius 3 is 1.64 bits per heavy atom. The molecular formula is C36H67N3O5. The Hall–Kier alpha value is -1.83. The van der Waals surface area contributed by atoms with Gasteiger partial charge in [-0.15, -0.1) is 0 Å². The molecule has 2 N–H and O–H groups in total. The fourth-order valence-corrected chi connectivity index (χ4v) is 6.63. The predicted molar refractivity (Wildman–Crippen MR) is 179 cm³/mol. The maximum Gasteiger partial charge on any atom is 0.407 e. The Kier molecular flexibility index (Phi) is 22.1. The number of Topliss-reactive ketones (excluding diaryl/α,β-unsaturated/α-hetero) is 1. The second-order valence-corrected chi connectivity index (χ2v) is 13.6. The van der Waals surface area contributed by atoms with Gasteiger partial charge in [-0.3, -0.25) is 9.69 Å². The van der Waals surface area contributed by atoms with E-state index in [1.165, 1.54) is 96.3 Å². The van der Waals surface area contributed by atoms with Crippen LogP contribution in [0.3, 0.4) is 0 Å². The summed E-state index contributed by atoms with van der Waals surface area (Å²) in [5, 5.41) is 5.75. The van der Waals surface area contributed by atoms with Crippen LogP contribution >= 0.6 is 0 Å². The number of ether oxygens (including phenoxy) is 2. The zero-order chi connectivity index (χ0) is 31.6. The van der Waals surface area contributed by atoms with Crippen LogP contribution in [0.15, 0.2) is 0 Å². The van der Waals surface area contributed by atoms with Gasteiger partial charge in [0.25, 0.3) is 0 Å². The van der Waals surface area contributed by atoms with Crippen LogP contribution in [0.25, 0.3) is 0 Å². The molecule has 0 spiro atoms. The van der Waals surface area contributed by atoms with Gasteiger partial charge in [-0.2, -0.15) is 0 Å². The number of piperidine rings is 1. The van der Waals surface area contributed by atoms with Crippen molar-refractivity contribution in [2.45, 2.75) is 161 Å². The van der Waals surface area contributed by atoms with Gasteiger partial charge in [0, 0.05) is 31.5 Å². The van der Waals surface area contributed by atoms with E-state index < -0.39 is 6.09 Å². The average molecular weight is 622 g/mol. The summed E-state index contributed by atoms with van der Waals surface area (Å²) in [4.78, 5) is 38.4. The van der Waals surface area contributed by atoms with Gasteiger partial charge in [0.05, 0.1) is 6.54 Å². The lowest BCUT2D eigenvalue weighted by Crippen LogP contribution is -2.40. The van der Waals surface area contributed by atoms with Gasteiger partial charge >= 0.3 is 12.2 Å². The highest BCUT2D eigenvalue weighted by Gasteiger charge is 2.35. The fourth-order valence-electron chi connectivity index (χ4n) is 6.63. The molecule has 0 aromatic carbocycles. The van der Waals surface area contributed by atoms with Crippen LogP contribution in [0.1, 0.15) is 161 Å². The third kappa shape index (κ3) is 19.5. The minimum atomic E-state index is -0.419. The van der Waals surface area contributed by atoms with Crippen LogP contribution in [-0.2, 0) is 14.3 Å². The lowest BCUT2D eigenvalue weighted by molar-refractivity contribution is -0.122. The van der Waals surface area contributed by atoms with Gasteiger partial charge in [-0.05, 0) is 38.6 Å². The molecule has 8 nitrogen and oxygen atoms in total. The normalized spacial score (nSPS) is 16.9. The summed E-state index contributed by atoms with van der Waals surface area (Å²) in [5.74, 6) is 0.303. The smallest absolute Gasteiger partial charge is 0.407 e. The SMILES string of the molecule is CCCCCCCCCCCCCCCCCCNC(=O)OCC1(COC(=O)NCCCN2CCCC(=O)C2)CCCCC1. The van der Waals surface area contributed by atoms with E-state index in [-0.39, 0.29) is 24.7 Å². The Bertz CT molecular complexity index is 756. The summed E-state index contributed by atoms with van der Waals surface area (Å²) < 4.78 is 11.2. The topological polar surface area (TPSA) is 97.0 Å². The van der Waals surface area contributed by atoms with Crippen LogP contribution in [0.5, 0.6) is 0 Å². The van der Waals surface area contributed by atoms with Gasteiger partial charge in [0.15, 0.2) is 0 Å². The molecule has 1 heterocycles. The quantitative estimate of drug-likeness (QED) is 0.0990. The number of hydrogen-bond donors (Lipinski definition) is 2. The van der Waals surface area contributed by atoms with E-state index in [1.54, 1.807) is 0 Å². The molecule has 0 atom stereocenters. The first-order valence-corrected chi connectivity index (χ1v) is 18.6. The molecule has 0 radical (unpaired) electrons. The van der Waals surface area contributed by atoms with Crippen molar-refractivity contribution < 1.29 is 23.9 Å². The number of carbonyl (C=O) groups excluding carboxylic acids is 3. The maximum atomic E-state index is 12.4. The largest absolute Gasteiger partial charge is 0.449 e. The van der Waals surface area contributed by atoms with Crippen molar-refractivity contribution in [3.8, 4) is 0 Å². The summed E-state index contributed by atoms with van der Waals surface area (Å²) in [6.07, 6.45) is 28.0. The Labute approximate surface area is 269 Å². The number of unbranched alkanes of at least 4 members (excludes halogenated alkanes) is 15. The first-order chi connectivity index (χ1) is 21.5. The number of nitrogens with zero attached hydrogens (tertiary/aromatic N) is 1. The second-order valence-electron chi connectivity index (χ2n) is 13.6. The van der Waals surface area contributed by atoms with Gasteiger partial charge in [0.2, 0.25) is 0 Å². The summed E-state index contributed by atoms with van der Waals surface area (Å²) in [5.41, 5.74) is -0.296. The minimum Gasteiger partial charge on any atom is -0.449 e. The summed E-state index contributed by atoms with van der Waals surface area (Å²) in [7, 11) is 0. The van der Waals surface area contributed by atoms with E-state index in [0.717, 1.165) is 64.5 Å². The molecule has 8 heteroatoms. The second kappa shape index (κ2) is 25.4. The van der Waals surface area contributed by atoms with Crippen molar-refractivity contribution in [1.82, 2.24) is 15.5 Å². The van der Waals surface area contributed by atoms with Crippen LogP contribution in [0.4, 0.5) is 9.59 Å². The zero-order valence-electron chi connectivity index (χ0n) is 28.4. The highest BCUT2D eigenvalue weighted by atomic mass is 16.6. The highest BCUT2D eigenvalue weighted by molar-refractivity contribution is 5.81. The number of nitrogens with one attached hydrogen (secondary N) is 2. The molecule has 0 aromatic heterocycles. The monoisotopic (exact) mass is 622 g/mol. The molecule has 2 rings (SSSR count). The molecule has 2 amide bonds. The summed E-state index contributed by atoms with van der Waals surface area (Å²) >= 11 is 0. The van der Waals surface area contributed by atoms with Crippen LogP contribution in [-0.4, -0.2) is 68.8 Å². The first-order valence-electron chi connectivity index (χ1n) is 18.6. The van der Waals surface area contributed by atoms with Crippen LogP contribution in [0.2, 0.25) is 0 Å². The van der Waals surface area contributed by atoms with Gasteiger partial charge in [0.1, 0.15) is 19.0 Å². The molecule has 0 unspecified atom stereocenters.